The molecule has 1 aliphatic rings. The number of aliphatic hydroxyl groups is 1. The molecule has 0 spiro atoms. The van der Waals surface area contributed by atoms with Gasteiger partial charge in [0, 0.05) is 18.0 Å². The van der Waals surface area contributed by atoms with E-state index in [1.807, 2.05) is 19.1 Å². The maximum absolute atomic E-state index is 10.5. The Labute approximate surface area is 109 Å². The quantitative estimate of drug-likeness (QED) is 0.841. The fourth-order valence-corrected chi connectivity index (χ4v) is 2.70. The van der Waals surface area contributed by atoms with Gasteiger partial charge in [-0.2, -0.15) is 0 Å². The Balaban J connectivity index is 2.27. The molecule has 1 aliphatic carbocycles. The third-order valence-electron chi connectivity index (χ3n) is 4.08. The molecule has 1 fully saturated rings. The van der Waals surface area contributed by atoms with Crippen LogP contribution in [0.4, 0.5) is 0 Å². The first-order valence-corrected chi connectivity index (χ1v) is 6.70. The zero-order valence-corrected chi connectivity index (χ0v) is 11.2. The van der Waals surface area contributed by atoms with Crippen molar-refractivity contribution in [1.29, 1.82) is 0 Å². The molecule has 3 nitrogen and oxygen atoms in total. The van der Waals surface area contributed by atoms with Gasteiger partial charge in [-0.15, -0.1) is 0 Å². The first kappa shape index (κ1) is 13.4. The largest absolute Gasteiger partial charge is 0.496 e. The van der Waals surface area contributed by atoms with Gasteiger partial charge in [-0.3, -0.25) is 0 Å². The van der Waals surface area contributed by atoms with Crippen molar-refractivity contribution in [2.75, 3.05) is 13.7 Å². The molecule has 2 unspecified atom stereocenters. The molecule has 0 radical (unpaired) electrons. The van der Waals surface area contributed by atoms with E-state index in [1.54, 1.807) is 7.11 Å². The second-order valence-corrected chi connectivity index (χ2v) is 5.27. The Hall–Kier alpha value is -1.06. The summed E-state index contributed by atoms with van der Waals surface area (Å²) in [7, 11) is 1.66. The normalized spacial score (nSPS) is 19.1. The average molecular weight is 249 g/mol. The molecule has 1 aromatic carbocycles. The van der Waals surface area contributed by atoms with E-state index in [1.165, 1.54) is 12.0 Å². The third kappa shape index (κ3) is 2.52. The van der Waals surface area contributed by atoms with Crippen molar-refractivity contribution in [2.24, 2.45) is 11.7 Å². The molecule has 0 heterocycles. The molecule has 1 aromatic rings. The summed E-state index contributed by atoms with van der Waals surface area (Å²) in [4.78, 5) is 0. The maximum atomic E-state index is 10.5. The van der Waals surface area contributed by atoms with Crippen molar-refractivity contribution in [3.05, 3.63) is 29.3 Å². The Bertz CT molecular complexity index is 401. The highest BCUT2D eigenvalue weighted by molar-refractivity contribution is 5.40. The zero-order valence-electron chi connectivity index (χ0n) is 11.2. The fourth-order valence-electron chi connectivity index (χ4n) is 2.70. The summed E-state index contributed by atoms with van der Waals surface area (Å²) in [5.74, 6) is 1.21. The highest BCUT2D eigenvalue weighted by Gasteiger charge is 2.33. The molecule has 100 valence electrons. The van der Waals surface area contributed by atoms with Gasteiger partial charge in [-0.25, -0.2) is 0 Å². The fraction of sp³-hybridized carbons (Fsp3) is 0.600. The number of hydrogen-bond donors (Lipinski definition) is 2. The molecule has 18 heavy (non-hydrogen) atoms. The lowest BCUT2D eigenvalue weighted by Gasteiger charge is -2.35. The number of methoxy groups -OCH3 is 1. The van der Waals surface area contributed by atoms with Crippen molar-refractivity contribution in [2.45, 2.75) is 38.2 Å². The summed E-state index contributed by atoms with van der Waals surface area (Å²) in [6, 6.07) is 6.06. The molecule has 3 N–H and O–H groups in total. The third-order valence-corrected chi connectivity index (χ3v) is 4.08. The summed E-state index contributed by atoms with van der Waals surface area (Å²) >= 11 is 0. The molecular formula is C15H23NO2. The van der Waals surface area contributed by atoms with Crippen LogP contribution in [0.1, 0.15) is 36.3 Å². The maximum Gasteiger partial charge on any atom is 0.122 e. The van der Waals surface area contributed by atoms with E-state index < -0.39 is 0 Å². The number of hydrogen-bond acceptors (Lipinski definition) is 3. The van der Waals surface area contributed by atoms with E-state index in [0.717, 1.165) is 24.2 Å². The molecule has 0 saturated heterocycles. The predicted molar refractivity (Wildman–Crippen MR) is 72.9 cm³/mol. The van der Waals surface area contributed by atoms with E-state index in [-0.39, 0.29) is 12.0 Å². The molecule has 0 aromatic heterocycles. The first-order valence-electron chi connectivity index (χ1n) is 6.70. The van der Waals surface area contributed by atoms with E-state index in [9.17, 15) is 5.11 Å². The van der Waals surface area contributed by atoms with Gasteiger partial charge in [0.15, 0.2) is 0 Å². The van der Waals surface area contributed by atoms with Crippen LogP contribution in [0.15, 0.2) is 18.2 Å². The monoisotopic (exact) mass is 249 g/mol. The average Bonchev–Trinajstić information content (AvgIpc) is 2.28. The molecule has 0 aliphatic heterocycles. The topological polar surface area (TPSA) is 55.5 Å². The molecule has 2 rings (SSSR count). The van der Waals surface area contributed by atoms with Crippen LogP contribution in [0.3, 0.4) is 0 Å². The number of aryl methyl sites for hydroxylation is 1. The van der Waals surface area contributed by atoms with Crippen LogP contribution in [-0.4, -0.2) is 24.9 Å². The summed E-state index contributed by atoms with van der Waals surface area (Å²) in [6.45, 7) is 2.50. The van der Waals surface area contributed by atoms with Crippen LogP contribution in [0.2, 0.25) is 0 Å². The number of rotatable bonds is 5. The van der Waals surface area contributed by atoms with Crippen molar-refractivity contribution in [3.63, 3.8) is 0 Å². The smallest absolute Gasteiger partial charge is 0.122 e. The molecule has 0 bridgehead atoms. The van der Waals surface area contributed by atoms with Crippen molar-refractivity contribution < 1.29 is 9.84 Å². The zero-order chi connectivity index (χ0) is 13.1. The summed E-state index contributed by atoms with van der Waals surface area (Å²) < 4.78 is 5.40. The second kappa shape index (κ2) is 5.72. The van der Waals surface area contributed by atoms with Gasteiger partial charge in [-0.05, 0) is 31.7 Å². The van der Waals surface area contributed by atoms with Gasteiger partial charge in [0.1, 0.15) is 5.75 Å². The minimum Gasteiger partial charge on any atom is -0.496 e. The van der Waals surface area contributed by atoms with Crippen LogP contribution < -0.4 is 10.5 Å². The molecule has 3 heteroatoms. The highest BCUT2D eigenvalue weighted by Crippen LogP contribution is 2.38. The number of ether oxygens (including phenoxy) is 1. The Morgan fingerprint density at radius 3 is 2.67 bits per heavy atom. The van der Waals surface area contributed by atoms with Gasteiger partial charge in [0.2, 0.25) is 0 Å². The lowest BCUT2D eigenvalue weighted by Crippen LogP contribution is -2.36. The molecule has 2 atom stereocenters. The van der Waals surface area contributed by atoms with Crippen LogP contribution >= 0.6 is 0 Å². The van der Waals surface area contributed by atoms with Crippen molar-refractivity contribution in [1.82, 2.24) is 0 Å². The van der Waals surface area contributed by atoms with Crippen LogP contribution in [0.25, 0.3) is 0 Å². The minimum atomic E-state index is -0.348. The summed E-state index contributed by atoms with van der Waals surface area (Å²) in [5, 5.41) is 10.5. The van der Waals surface area contributed by atoms with E-state index in [0.29, 0.717) is 12.5 Å². The summed E-state index contributed by atoms with van der Waals surface area (Å²) in [6.07, 6.45) is 3.11. The van der Waals surface area contributed by atoms with Gasteiger partial charge in [0.25, 0.3) is 0 Å². The second-order valence-electron chi connectivity index (χ2n) is 5.27. The lowest BCUT2D eigenvalue weighted by atomic mass is 9.74. The number of aliphatic hydroxyl groups excluding tert-OH is 1. The van der Waals surface area contributed by atoms with Gasteiger partial charge >= 0.3 is 0 Å². The minimum absolute atomic E-state index is 0.0230. The van der Waals surface area contributed by atoms with Crippen LogP contribution in [-0.2, 0) is 0 Å². The van der Waals surface area contributed by atoms with Gasteiger partial charge in [-0.1, -0.05) is 24.1 Å². The lowest BCUT2D eigenvalue weighted by molar-refractivity contribution is 0.0414. The molecular weight excluding hydrogens is 226 g/mol. The SMILES string of the molecule is COc1ccc(C)cc1C(CN)C(O)C1CCC1. The van der Waals surface area contributed by atoms with Crippen LogP contribution in [0.5, 0.6) is 5.75 Å². The molecule has 1 saturated carbocycles. The first-order chi connectivity index (χ1) is 8.67. The number of benzene rings is 1. The van der Waals surface area contributed by atoms with E-state index in [2.05, 4.69) is 6.07 Å². The molecule has 0 amide bonds. The van der Waals surface area contributed by atoms with Gasteiger partial charge < -0.3 is 15.6 Å². The predicted octanol–water partition coefficient (Wildman–Crippen LogP) is 2.21. The Morgan fingerprint density at radius 2 is 2.17 bits per heavy atom. The standard InChI is InChI=1S/C15H23NO2/c1-10-6-7-14(18-2)12(8-10)13(9-16)15(17)11-4-3-5-11/h6-8,11,13,15,17H,3-5,9,16H2,1-2H3. The Morgan fingerprint density at radius 1 is 1.44 bits per heavy atom. The van der Waals surface area contributed by atoms with Gasteiger partial charge in [0.05, 0.1) is 13.2 Å². The van der Waals surface area contributed by atoms with Crippen molar-refractivity contribution >= 4 is 0 Å². The summed E-state index contributed by atoms with van der Waals surface area (Å²) in [5.41, 5.74) is 8.09. The van der Waals surface area contributed by atoms with Crippen molar-refractivity contribution in [3.8, 4) is 5.75 Å². The number of nitrogens with two attached hydrogens (primary N) is 1. The van der Waals surface area contributed by atoms with Crippen LogP contribution in [0, 0.1) is 12.8 Å². The van der Waals surface area contributed by atoms with E-state index in [4.69, 9.17) is 10.5 Å². The van der Waals surface area contributed by atoms with E-state index >= 15 is 0 Å². The highest BCUT2D eigenvalue weighted by atomic mass is 16.5. The Kier molecular flexibility index (Phi) is 4.25.